The van der Waals surface area contributed by atoms with Gasteiger partial charge in [-0.3, -0.25) is 14.0 Å². The summed E-state index contributed by atoms with van der Waals surface area (Å²) in [7, 11) is -4.78. The van der Waals surface area contributed by atoms with E-state index in [0.29, 0.717) is 5.69 Å². The first-order valence-corrected chi connectivity index (χ1v) is 10.0. The molecule has 1 aromatic heterocycles. The number of nitrogens with zero attached hydrogens (tertiary/aromatic N) is 2. The minimum Gasteiger partial charge on any atom is -0.495 e. The zero-order valence-corrected chi connectivity index (χ0v) is 14.9. The van der Waals surface area contributed by atoms with E-state index in [9.17, 15) is 16.8 Å². The number of ether oxygens (including phenoxy) is 1. The molecular formula is C14H17N3O5S2. The van der Waals surface area contributed by atoms with Crippen LogP contribution in [-0.4, -0.2) is 42.2 Å². The molecular weight excluding hydrogens is 354 g/mol. The monoisotopic (exact) mass is 371 g/mol. The molecule has 1 heterocycles. The second kappa shape index (κ2) is 6.65. The van der Waals surface area contributed by atoms with Crippen molar-refractivity contribution >= 4 is 31.4 Å². The molecule has 130 valence electrons. The molecule has 10 heteroatoms. The molecule has 0 atom stereocenters. The lowest BCUT2D eigenvalue weighted by Gasteiger charge is -2.20. The summed E-state index contributed by atoms with van der Waals surface area (Å²) in [5, 5.41) is 0. The van der Waals surface area contributed by atoms with Gasteiger partial charge in [0.25, 0.3) is 10.0 Å². The van der Waals surface area contributed by atoms with Gasteiger partial charge in [0.15, 0.2) is 0 Å². The van der Waals surface area contributed by atoms with Gasteiger partial charge in [0.2, 0.25) is 10.0 Å². The number of sulfonamides is 2. The number of methoxy groups -OCH3 is 1. The highest BCUT2D eigenvalue weighted by Gasteiger charge is 2.21. The summed E-state index contributed by atoms with van der Waals surface area (Å²) in [6.45, 7) is 0. The second-order valence-corrected chi connectivity index (χ2v) is 8.60. The van der Waals surface area contributed by atoms with Crippen LogP contribution in [0.5, 0.6) is 5.75 Å². The van der Waals surface area contributed by atoms with Crippen molar-refractivity contribution in [2.24, 2.45) is 0 Å². The van der Waals surface area contributed by atoms with E-state index in [1.807, 2.05) is 0 Å². The van der Waals surface area contributed by atoms with E-state index in [-0.39, 0.29) is 16.3 Å². The first-order chi connectivity index (χ1) is 11.1. The Morgan fingerprint density at radius 1 is 1.08 bits per heavy atom. The lowest BCUT2D eigenvalue weighted by atomic mass is 10.3. The molecule has 2 rings (SSSR count). The second-order valence-electron chi connectivity index (χ2n) is 4.91. The van der Waals surface area contributed by atoms with Gasteiger partial charge in [-0.2, -0.15) is 0 Å². The lowest BCUT2D eigenvalue weighted by molar-refractivity contribution is 0.415. The van der Waals surface area contributed by atoms with Gasteiger partial charge in [0.1, 0.15) is 5.75 Å². The van der Waals surface area contributed by atoms with Gasteiger partial charge in [-0.1, -0.05) is 0 Å². The summed E-state index contributed by atoms with van der Waals surface area (Å²) in [5.41, 5.74) is 0.469. The highest BCUT2D eigenvalue weighted by Crippen LogP contribution is 2.32. The number of rotatable bonds is 6. The van der Waals surface area contributed by atoms with Crippen LogP contribution in [0.25, 0.3) is 0 Å². The molecule has 24 heavy (non-hydrogen) atoms. The minimum absolute atomic E-state index is 0.0920. The van der Waals surface area contributed by atoms with Gasteiger partial charge < -0.3 is 4.74 Å². The Morgan fingerprint density at radius 3 is 2.25 bits per heavy atom. The highest BCUT2D eigenvalue weighted by atomic mass is 32.2. The van der Waals surface area contributed by atoms with Gasteiger partial charge in [-0.05, 0) is 30.3 Å². The molecule has 0 aliphatic heterocycles. The Labute approximate surface area is 141 Å². The molecule has 1 aromatic carbocycles. The Bertz CT molecular complexity index is 928. The summed E-state index contributed by atoms with van der Waals surface area (Å²) in [6, 6.07) is 6.98. The maximum atomic E-state index is 12.5. The standard InChI is InChI=1S/C14H17N3O5S2/c1-17(23(3,18)19)13-10-12(4-5-14(13)22-2)24(20,21)16-11-6-8-15-9-7-11/h4-10H,1-3H3,(H,15,16). The van der Waals surface area contributed by atoms with Crippen LogP contribution in [-0.2, 0) is 20.0 Å². The molecule has 0 aliphatic rings. The fourth-order valence-electron chi connectivity index (χ4n) is 1.90. The van der Waals surface area contributed by atoms with Crippen LogP contribution in [0.4, 0.5) is 11.4 Å². The number of aromatic nitrogens is 1. The molecule has 0 unspecified atom stereocenters. The van der Waals surface area contributed by atoms with Gasteiger partial charge in [-0.25, -0.2) is 16.8 Å². The molecule has 2 aromatic rings. The van der Waals surface area contributed by atoms with Crippen LogP contribution >= 0.6 is 0 Å². The molecule has 0 saturated heterocycles. The molecule has 0 fully saturated rings. The highest BCUT2D eigenvalue weighted by molar-refractivity contribution is 7.93. The van der Waals surface area contributed by atoms with Crippen LogP contribution in [0.1, 0.15) is 0 Å². The molecule has 0 amide bonds. The van der Waals surface area contributed by atoms with E-state index in [2.05, 4.69) is 9.71 Å². The Morgan fingerprint density at radius 2 is 1.71 bits per heavy atom. The number of hydrogen-bond donors (Lipinski definition) is 1. The average Bonchev–Trinajstić information content (AvgIpc) is 2.53. The number of hydrogen-bond acceptors (Lipinski definition) is 6. The third kappa shape index (κ3) is 3.95. The predicted octanol–water partition coefficient (Wildman–Crippen LogP) is 1.29. The summed E-state index contributed by atoms with van der Waals surface area (Å²) < 4.78 is 56.9. The van der Waals surface area contributed by atoms with Crippen molar-refractivity contribution < 1.29 is 21.6 Å². The minimum atomic E-state index is -3.89. The molecule has 0 saturated carbocycles. The van der Waals surface area contributed by atoms with E-state index in [4.69, 9.17) is 4.74 Å². The Kier molecular flexibility index (Phi) is 4.99. The molecule has 0 bridgehead atoms. The Hall–Kier alpha value is -2.33. The first-order valence-electron chi connectivity index (χ1n) is 6.70. The van der Waals surface area contributed by atoms with Crippen molar-refractivity contribution in [2.45, 2.75) is 4.90 Å². The maximum absolute atomic E-state index is 12.5. The summed E-state index contributed by atoms with van der Waals surface area (Å²) in [4.78, 5) is 3.72. The largest absolute Gasteiger partial charge is 0.495 e. The van der Waals surface area contributed by atoms with Gasteiger partial charge in [0, 0.05) is 19.4 Å². The van der Waals surface area contributed by atoms with Crippen molar-refractivity contribution in [1.29, 1.82) is 0 Å². The molecule has 0 spiro atoms. The van der Waals surface area contributed by atoms with Crippen molar-refractivity contribution in [3.05, 3.63) is 42.7 Å². The van der Waals surface area contributed by atoms with Crippen molar-refractivity contribution in [2.75, 3.05) is 29.4 Å². The van der Waals surface area contributed by atoms with Crippen LogP contribution < -0.4 is 13.8 Å². The lowest BCUT2D eigenvalue weighted by Crippen LogP contribution is -2.25. The molecule has 1 N–H and O–H groups in total. The van der Waals surface area contributed by atoms with E-state index in [1.54, 1.807) is 0 Å². The van der Waals surface area contributed by atoms with Gasteiger partial charge >= 0.3 is 0 Å². The zero-order valence-electron chi connectivity index (χ0n) is 13.3. The summed E-state index contributed by atoms with van der Waals surface area (Å²) >= 11 is 0. The van der Waals surface area contributed by atoms with Crippen LogP contribution in [0.3, 0.4) is 0 Å². The first kappa shape index (κ1) is 18.0. The average molecular weight is 371 g/mol. The number of pyridine rings is 1. The molecule has 8 nitrogen and oxygen atoms in total. The third-order valence-electron chi connectivity index (χ3n) is 3.23. The quantitative estimate of drug-likeness (QED) is 0.820. The number of anilines is 2. The predicted molar refractivity (Wildman–Crippen MR) is 91.3 cm³/mol. The van der Waals surface area contributed by atoms with E-state index < -0.39 is 20.0 Å². The zero-order chi connectivity index (χ0) is 18.0. The fourth-order valence-corrected chi connectivity index (χ4v) is 3.47. The van der Waals surface area contributed by atoms with E-state index in [0.717, 1.165) is 10.6 Å². The summed E-state index contributed by atoms with van der Waals surface area (Å²) in [6.07, 6.45) is 3.92. The van der Waals surface area contributed by atoms with Gasteiger partial charge in [0.05, 0.1) is 29.6 Å². The Balaban J connectivity index is 2.48. The third-order valence-corrected chi connectivity index (χ3v) is 5.80. The van der Waals surface area contributed by atoms with Crippen molar-refractivity contribution in [1.82, 2.24) is 4.98 Å². The SMILES string of the molecule is COc1ccc(S(=O)(=O)Nc2ccncc2)cc1N(C)S(C)(=O)=O. The molecule has 0 radical (unpaired) electrons. The van der Waals surface area contributed by atoms with Crippen LogP contribution in [0.15, 0.2) is 47.6 Å². The van der Waals surface area contributed by atoms with Gasteiger partial charge in [-0.15, -0.1) is 0 Å². The number of nitrogens with one attached hydrogen (secondary N) is 1. The van der Waals surface area contributed by atoms with Crippen LogP contribution in [0.2, 0.25) is 0 Å². The normalized spacial score (nSPS) is 11.8. The fraction of sp³-hybridized carbons (Fsp3) is 0.214. The van der Waals surface area contributed by atoms with Crippen LogP contribution in [0, 0.1) is 0 Å². The smallest absolute Gasteiger partial charge is 0.261 e. The maximum Gasteiger partial charge on any atom is 0.261 e. The van der Waals surface area contributed by atoms with E-state index >= 15 is 0 Å². The van der Waals surface area contributed by atoms with E-state index in [1.165, 1.54) is 56.9 Å². The number of benzene rings is 1. The molecule has 0 aliphatic carbocycles. The summed E-state index contributed by atoms with van der Waals surface area (Å²) in [5.74, 6) is 0.241. The topological polar surface area (TPSA) is 106 Å². The van der Waals surface area contributed by atoms with Crippen molar-refractivity contribution in [3.8, 4) is 5.75 Å². The van der Waals surface area contributed by atoms with Crippen molar-refractivity contribution in [3.63, 3.8) is 0 Å².